The Balaban J connectivity index is 1.79. The van der Waals surface area contributed by atoms with Crippen LogP contribution in [0.5, 0.6) is 17.2 Å². The van der Waals surface area contributed by atoms with Crippen molar-refractivity contribution in [3.63, 3.8) is 0 Å². The van der Waals surface area contributed by atoms with Crippen molar-refractivity contribution < 1.29 is 14.2 Å². The van der Waals surface area contributed by atoms with Crippen LogP contribution in [0, 0.1) is 0 Å². The summed E-state index contributed by atoms with van der Waals surface area (Å²) in [5, 5.41) is 0. The molecule has 0 fully saturated rings. The first kappa shape index (κ1) is 14.0. The van der Waals surface area contributed by atoms with Crippen LogP contribution in [-0.4, -0.2) is 20.3 Å². The van der Waals surface area contributed by atoms with E-state index in [1.54, 1.807) is 13.2 Å². The molecule has 3 heteroatoms. The third-order valence-electron chi connectivity index (χ3n) is 2.79. The fraction of sp³-hybridized carbons (Fsp3) is 0.176. The van der Waals surface area contributed by atoms with Gasteiger partial charge in [0.15, 0.2) is 11.5 Å². The van der Waals surface area contributed by atoms with Crippen molar-refractivity contribution in [3.8, 4) is 17.2 Å². The molecule has 0 radical (unpaired) electrons. The number of hydrogen-bond donors (Lipinski definition) is 0. The van der Waals surface area contributed by atoms with Crippen molar-refractivity contribution in [3.05, 3.63) is 60.7 Å². The highest BCUT2D eigenvalue weighted by Crippen LogP contribution is 2.25. The summed E-state index contributed by atoms with van der Waals surface area (Å²) in [7, 11) is 1.62. The van der Waals surface area contributed by atoms with Crippen molar-refractivity contribution in [2.45, 2.75) is 0 Å². The number of benzene rings is 2. The molecule has 20 heavy (non-hydrogen) atoms. The minimum atomic E-state index is 0.462. The average Bonchev–Trinajstić information content (AvgIpc) is 2.52. The Morgan fingerprint density at radius 1 is 0.900 bits per heavy atom. The van der Waals surface area contributed by atoms with Crippen molar-refractivity contribution in [1.29, 1.82) is 0 Å². The molecular weight excluding hydrogens is 252 g/mol. The van der Waals surface area contributed by atoms with Crippen molar-refractivity contribution in [1.82, 2.24) is 0 Å². The quantitative estimate of drug-likeness (QED) is 0.716. The molecule has 0 aliphatic heterocycles. The number of ether oxygens (including phenoxy) is 3. The van der Waals surface area contributed by atoms with Gasteiger partial charge < -0.3 is 14.2 Å². The monoisotopic (exact) mass is 270 g/mol. The van der Waals surface area contributed by atoms with Crippen LogP contribution in [0.2, 0.25) is 0 Å². The maximum absolute atomic E-state index is 5.63. The molecule has 0 N–H and O–H groups in total. The summed E-state index contributed by atoms with van der Waals surface area (Å²) in [6, 6.07) is 15.3. The molecule has 3 nitrogen and oxygen atoms in total. The van der Waals surface area contributed by atoms with E-state index in [1.165, 1.54) is 0 Å². The molecule has 0 aliphatic carbocycles. The lowest BCUT2D eigenvalue weighted by atomic mass is 10.2. The average molecular weight is 270 g/mol. The molecular formula is C17H18O3. The van der Waals surface area contributed by atoms with E-state index in [2.05, 4.69) is 6.58 Å². The van der Waals surface area contributed by atoms with E-state index in [0.29, 0.717) is 13.2 Å². The molecule has 0 aliphatic rings. The van der Waals surface area contributed by atoms with Gasteiger partial charge in [0.1, 0.15) is 19.0 Å². The van der Waals surface area contributed by atoms with E-state index in [4.69, 9.17) is 14.2 Å². The van der Waals surface area contributed by atoms with E-state index in [0.717, 1.165) is 22.8 Å². The van der Waals surface area contributed by atoms with Crippen molar-refractivity contribution >= 4 is 6.08 Å². The van der Waals surface area contributed by atoms with E-state index < -0.39 is 0 Å². The zero-order valence-electron chi connectivity index (χ0n) is 11.5. The summed E-state index contributed by atoms with van der Waals surface area (Å²) in [5.74, 6) is 2.27. The van der Waals surface area contributed by atoms with Gasteiger partial charge in [0.25, 0.3) is 0 Å². The molecule has 104 valence electrons. The molecule has 0 unspecified atom stereocenters. The van der Waals surface area contributed by atoms with E-state index in [-0.39, 0.29) is 0 Å². The predicted molar refractivity (Wildman–Crippen MR) is 80.5 cm³/mol. The Labute approximate surface area is 119 Å². The predicted octanol–water partition coefficient (Wildman–Crippen LogP) is 3.80. The van der Waals surface area contributed by atoms with Gasteiger partial charge in [-0.1, -0.05) is 36.9 Å². The summed E-state index contributed by atoms with van der Waals surface area (Å²) in [6.07, 6.45) is 1.80. The normalized spacial score (nSPS) is 9.85. The van der Waals surface area contributed by atoms with Gasteiger partial charge in [-0.05, 0) is 29.8 Å². The van der Waals surface area contributed by atoms with Crippen LogP contribution in [0.4, 0.5) is 0 Å². The fourth-order valence-electron chi connectivity index (χ4n) is 1.75. The standard InChI is InChI=1S/C17H18O3/c1-3-14-8-10-15(11-9-14)19-12-13-20-17-7-5-4-6-16(17)18-2/h3-11H,1,12-13H2,2H3. The van der Waals surface area contributed by atoms with Gasteiger partial charge in [-0.2, -0.15) is 0 Å². The number of methoxy groups -OCH3 is 1. The van der Waals surface area contributed by atoms with Crippen LogP contribution in [0.1, 0.15) is 5.56 Å². The van der Waals surface area contributed by atoms with Gasteiger partial charge >= 0.3 is 0 Å². The Kier molecular flexibility index (Phi) is 5.07. The first-order valence-corrected chi connectivity index (χ1v) is 6.44. The molecule has 0 aromatic heterocycles. The first-order valence-electron chi connectivity index (χ1n) is 6.44. The maximum Gasteiger partial charge on any atom is 0.161 e. The molecule has 0 heterocycles. The second-order valence-electron chi connectivity index (χ2n) is 4.12. The lowest BCUT2D eigenvalue weighted by Crippen LogP contribution is -2.09. The fourth-order valence-corrected chi connectivity index (χ4v) is 1.75. The highest BCUT2D eigenvalue weighted by molar-refractivity contribution is 5.48. The number of para-hydroxylation sites is 2. The topological polar surface area (TPSA) is 27.7 Å². The molecule has 2 aromatic rings. The zero-order valence-corrected chi connectivity index (χ0v) is 11.5. The second-order valence-corrected chi connectivity index (χ2v) is 4.12. The van der Waals surface area contributed by atoms with Gasteiger partial charge in [0.2, 0.25) is 0 Å². The molecule has 0 bridgehead atoms. The Morgan fingerprint density at radius 3 is 2.20 bits per heavy atom. The van der Waals surface area contributed by atoms with E-state index in [9.17, 15) is 0 Å². The van der Waals surface area contributed by atoms with Crippen LogP contribution in [0.25, 0.3) is 6.08 Å². The molecule has 0 saturated carbocycles. The van der Waals surface area contributed by atoms with Crippen LogP contribution in [0.3, 0.4) is 0 Å². The molecule has 0 saturated heterocycles. The molecule has 0 spiro atoms. The van der Waals surface area contributed by atoms with Crippen LogP contribution in [0.15, 0.2) is 55.1 Å². The highest BCUT2D eigenvalue weighted by Gasteiger charge is 2.02. The molecule has 0 amide bonds. The van der Waals surface area contributed by atoms with Gasteiger partial charge in [-0.25, -0.2) is 0 Å². The van der Waals surface area contributed by atoms with E-state index >= 15 is 0 Å². The van der Waals surface area contributed by atoms with Crippen LogP contribution in [-0.2, 0) is 0 Å². The minimum Gasteiger partial charge on any atom is -0.493 e. The summed E-state index contributed by atoms with van der Waals surface area (Å²) < 4.78 is 16.4. The van der Waals surface area contributed by atoms with Crippen LogP contribution >= 0.6 is 0 Å². The minimum absolute atomic E-state index is 0.462. The third kappa shape index (κ3) is 3.79. The lowest BCUT2D eigenvalue weighted by molar-refractivity contribution is 0.211. The van der Waals surface area contributed by atoms with Gasteiger partial charge in [-0.3, -0.25) is 0 Å². The Hall–Kier alpha value is -2.42. The Bertz CT molecular complexity index is 546. The summed E-state index contributed by atoms with van der Waals surface area (Å²) >= 11 is 0. The van der Waals surface area contributed by atoms with Gasteiger partial charge in [0, 0.05) is 0 Å². The molecule has 2 rings (SSSR count). The summed E-state index contributed by atoms with van der Waals surface area (Å²) in [4.78, 5) is 0. The second kappa shape index (κ2) is 7.24. The number of hydrogen-bond acceptors (Lipinski definition) is 3. The van der Waals surface area contributed by atoms with Crippen LogP contribution < -0.4 is 14.2 Å². The maximum atomic E-state index is 5.63. The smallest absolute Gasteiger partial charge is 0.161 e. The highest BCUT2D eigenvalue weighted by atomic mass is 16.5. The first-order chi connectivity index (χ1) is 9.83. The van der Waals surface area contributed by atoms with E-state index in [1.807, 2.05) is 48.5 Å². The SMILES string of the molecule is C=Cc1ccc(OCCOc2ccccc2OC)cc1. The van der Waals surface area contributed by atoms with Crippen molar-refractivity contribution in [2.75, 3.05) is 20.3 Å². The molecule has 2 aromatic carbocycles. The van der Waals surface area contributed by atoms with Gasteiger partial charge in [-0.15, -0.1) is 0 Å². The summed E-state index contributed by atoms with van der Waals surface area (Å²) in [6.45, 7) is 4.65. The third-order valence-corrected chi connectivity index (χ3v) is 2.79. The van der Waals surface area contributed by atoms with Crippen molar-refractivity contribution in [2.24, 2.45) is 0 Å². The summed E-state index contributed by atoms with van der Waals surface area (Å²) in [5.41, 5.74) is 1.07. The van der Waals surface area contributed by atoms with Gasteiger partial charge in [0.05, 0.1) is 7.11 Å². The number of rotatable bonds is 7. The lowest BCUT2D eigenvalue weighted by Gasteiger charge is -2.11. The molecule has 0 atom stereocenters. The Morgan fingerprint density at radius 2 is 1.55 bits per heavy atom. The largest absolute Gasteiger partial charge is 0.493 e. The zero-order chi connectivity index (χ0) is 14.2.